The minimum Gasteiger partial charge on any atom is -0.485 e. The number of ether oxygens (including phenoxy) is 2. The molecule has 34 heavy (non-hydrogen) atoms. The lowest BCUT2D eigenvalue weighted by molar-refractivity contribution is -0.384. The minimum absolute atomic E-state index is 0.0927. The van der Waals surface area contributed by atoms with E-state index in [4.69, 9.17) is 9.47 Å². The summed E-state index contributed by atoms with van der Waals surface area (Å²) in [6, 6.07) is 4.36. The van der Waals surface area contributed by atoms with Crippen molar-refractivity contribution in [2.75, 3.05) is 13.2 Å². The Labute approximate surface area is 202 Å². The predicted molar refractivity (Wildman–Crippen MR) is 138 cm³/mol. The molecule has 1 N–H and O–H groups in total. The van der Waals surface area contributed by atoms with Gasteiger partial charge in [-0.2, -0.15) is 0 Å². The van der Waals surface area contributed by atoms with Crippen molar-refractivity contribution in [3.63, 3.8) is 0 Å². The highest BCUT2D eigenvalue weighted by Crippen LogP contribution is 2.33. The molecular weight excluding hydrogens is 432 g/mol. The van der Waals surface area contributed by atoms with Crippen LogP contribution in [0.2, 0.25) is 0 Å². The molecule has 7 nitrogen and oxygen atoms in total. The smallest absolute Gasteiger partial charge is 0.294 e. The summed E-state index contributed by atoms with van der Waals surface area (Å²) in [6.07, 6.45) is 12.8. The lowest BCUT2D eigenvalue weighted by Crippen LogP contribution is -2.15. The molecule has 0 aliphatic carbocycles. The highest BCUT2D eigenvalue weighted by atomic mass is 16.6. The number of pyridine rings is 1. The van der Waals surface area contributed by atoms with Gasteiger partial charge in [-0.25, -0.2) is 0 Å². The number of benzene rings is 1. The molecule has 186 valence electrons. The van der Waals surface area contributed by atoms with Crippen LogP contribution in [0, 0.1) is 10.1 Å². The SMILES string of the molecule is CCCCCCCCOc1c(OC/C=C(\C)CCC=C(C)C)c2ccc([N+](=O)[O-])cc2[nH]c1=O. The van der Waals surface area contributed by atoms with E-state index in [9.17, 15) is 14.9 Å². The van der Waals surface area contributed by atoms with Gasteiger partial charge in [-0.05, 0) is 52.2 Å². The van der Waals surface area contributed by atoms with E-state index in [1.54, 1.807) is 6.07 Å². The lowest BCUT2D eigenvalue weighted by atomic mass is 10.1. The summed E-state index contributed by atoms with van der Waals surface area (Å²) in [6.45, 7) is 9.10. The molecule has 1 heterocycles. The van der Waals surface area contributed by atoms with Crippen molar-refractivity contribution in [3.05, 3.63) is 62.0 Å². The first-order valence-electron chi connectivity index (χ1n) is 12.2. The van der Waals surface area contributed by atoms with Gasteiger partial charge in [-0.15, -0.1) is 0 Å². The lowest BCUT2D eigenvalue weighted by Gasteiger charge is -2.14. The Kier molecular flexibility index (Phi) is 11.4. The second-order valence-corrected chi connectivity index (χ2v) is 8.90. The molecule has 1 aromatic heterocycles. The molecule has 0 aliphatic rings. The van der Waals surface area contributed by atoms with E-state index < -0.39 is 10.5 Å². The van der Waals surface area contributed by atoms with Crippen molar-refractivity contribution >= 4 is 16.6 Å². The van der Waals surface area contributed by atoms with Crippen LogP contribution < -0.4 is 15.0 Å². The third kappa shape index (κ3) is 8.69. The Hall–Kier alpha value is -3.09. The van der Waals surface area contributed by atoms with Crippen molar-refractivity contribution in [3.8, 4) is 11.5 Å². The molecule has 0 atom stereocenters. The van der Waals surface area contributed by atoms with Crippen LogP contribution in [0.15, 0.2) is 46.3 Å². The van der Waals surface area contributed by atoms with E-state index in [0.717, 1.165) is 32.1 Å². The molecule has 2 aromatic rings. The predicted octanol–water partition coefficient (Wildman–Crippen LogP) is 7.25. The Morgan fingerprint density at radius 1 is 1.03 bits per heavy atom. The van der Waals surface area contributed by atoms with Crippen LogP contribution >= 0.6 is 0 Å². The fraction of sp³-hybridized carbons (Fsp3) is 0.519. The van der Waals surface area contributed by atoms with Gasteiger partial charge in [0.05, 0.1) is 17.0 Å². The quantitative estimate of drug-likeness (QED) is 0.128. The Bertz CT molecular complexity index is 1060. The van der Waals surface area contributed by atoms with E-state index >= 15 is 0 Å². The Balaban J connectivity index is 2.21. The van der Waals surface area contributed by atoms with Crippen LogP contribution in [0.1, 0.15) is 79.1 Å². The summed E-state index contributed by atoms with van der Waals surface area (Å²) in [5, 5.41) is 11.8. The van der Waals surface area contributed by atoms with Gasteiger partial charge >= 0.3 is 0 Å². The van der Waals surface area contributed by atoms with E-state index in [0.29, 0.717) is 23.3 Å². The number of hydrogen-bond donors (Lipinski definition) is 1. The molecule has 0 unspecified atom stereocenters. The first-order valence-corrected chi connectivity index (χ1v) is 12.2. The van der Waals surface area contributed by atoms with Crippen molar-refractivity contribution in [2.45, 2.75) is 79.1 Å². The fourth-order valence-corrected chi connectivity index (χ4v) is 3.64. The second-order valence-electron chi connectivity index (χ2n) is 8.90. The van der Waals surface area contributed by atoms with Crippen molar-refractivity contribution in [1.82, 2.24) is 4.98 Å². The molecule has 0 spiro atoms. The number of rotatable bonds is 15. The number of nitro benzene ring substituents is 1. The summed E-state index contributed by atoms with van der Waals surface area (Å²) in [4.78, 5) is 26.2. The number of allylic oxidation sites excluding steroid dienone is 3. The number of unbranched alkanes of at least 4 members (excludes halogenated alkanes) is 5. The summed E-state index contributed by atoms with van der Waals surface area (Å²) in [5.41, 5.74) is 2.30. The van der Waals surface area contributed by atoms with Gasteiger partial charge < -0.3 is 14.5 Å². The van der Waals surface area contributed by atoms with Gasteiger partial charge in [0.15, 0.2) is 5.75 Å². The topological polar surface area (TPSA) is 94.5 Å². The number of nitrogens with one attached hydrogen (secondary N) is 1. The maximum absolute atomic E-state index is 12.8. The summed E-state index contributed by atoms with van der Waals surface area (Å²) < 4.78 is 11.9. The standard InChI is InChI=1S/C27H38N2O5/c1-5-6-7-8-9-10-17-33-26-25(34-18-16-21(4)13-11-12-20(2)3)23-15-14-22(29(31)32)19-24(23)28-27(26)30/h12,14-16,19H,5-11,13,17-18H2,1-4H3,(H,28,30)/b21-16+. The first kappa shape index (κ1) is 27.2. The summed E-state index contributed by atoms with van der Waals surface area (Å²) in [7, 11) is 0. The third-order valence-electron chi connectivity index (χ3n) is 5.61. The zero-order chi connectivity index (χ0) is 24.9. The number of aromatic nitrogens is 1. The summed E-state index contributed by atoms with van der Waals surface area (Å²) >= 11 is 0. The number of H-pyrrole nitrogens is 1. The van der Waals surface area contributed by atoms with Crippen molar-refractivity contribution < 1.29 is 14.4 Å². The first-order chi connectivity index (χ1) is 16.3. The van der Waals surface area contributed by atoms with Crippen LogP contribution in [0.3, 0.4) is 0 Å². The second kappa shape index (κ2) is 14.2. The molecule has 7 heteroatoms. The van der Waals surface area contributed by atoms with Gasteiger partial charge in [0.25, 0.3) is 11.2 Å². The van der Waals surface area contributed by atoms with E-state index in [1.807, 2.05) is 6.08 Å². The normalized spacial score (nSPS) is 11.5. The maximum atomic E-state index is 12.8. The summed E-state index contributed by atoms with van der Waals surface area (Å²) in [5.74, 6) is 0.457. The molecule has 1 aromatic carbocycles. The number of hydrogen-bond acceptors (Lipinski definition) is 5. The molecule has 0 radical (unpaired) electrons. The average molecular weight is 471 g/mol. The zero-order valence-electron chi connectivity index (χ0n) is 20.9. The van der Waals surface area contributed by atoms with Crippen molar-refractivity contribution in [1.29, 1.82) is 0 Å². The molecule has 2 rings (SSSR count). The number of non-ortho nitro benzene ring substituents is 1. The van der Waals surface area contributed by atoms with Crippen LogP contribution in [0.25, 0.3) is 10.9 Å². The van der Waals surface area contributed by atoms with Crippen LogP contribution in [-0.2, 0) is 0 Å². The van der Waals surface area contributed by atoms with Gasteiger partial charge in [-0.3, -0.25) is 14.9 Å². The average Bonchev–Trinajstić information content (AvgIpc) is 2.78. The minimum atomic E-state index is -0.486. The van der Waals surface area contributed by atoms with Crippen LogP contribution in [0.5, 0.6) is 11.5 Å². The molecular formula is C27H38N2O5. The van der Waals surface area contributed by atoms with E-state index in [1.165, 1.54) is 42.5 Å². The zero-order valence-corrected chi connectivity index (χ0v) is 20.9. The number of nitrogens with zero attached hydrogens (tertiary/aromatic N) is 1. The molecule has 0 saturated heterocycles. The van der Waals surface area contributed by atoms with Gasteiger partial charge in [0.1, 0.15) is 6.61 Å². The monoisotopic (exact) mass is 470 g/mol. The largest absolute Gasteiger partial charge is 0.485 e. The Morgan fingerprint density at radius 2 is 1.76 bits per heavy atom. The molecule has 0 saturated carbocycles. The highest BCUT2D eigenvalue weighted by Gasteiger charge is 2.18. The van der Waals surface area contributed by atoms with Gasteiger partial charge in [-0.1, -0.05) is 56.3 Å². The van der Waals surface area contributed by atoms with Gasteiger partial charge in [0, 0.05) is 17.5 Å². The van der Waals surface area contributed by atoms with Crippen LogP contribution in [0.4, 0.5) is 5.69 Å². The maximum Gasteiger partial charge on any atom is 0.294 e. The number of fused-ring (bicyclic) bond motifs is 1. The molecule has 0 amide bonds. The van der Waals surface area contributed by atoms with Gasteiger partial charge in [0.2, 0.25) is 5.75 Å². The number of nitro groups is 1. The van der Waals surface area contributed by atoms with E-state index in [2.05, 4.69) is 38.8 Å². The fourth-order valence-electron chi connectivity index (χ4n) is 3.64. The van der Waals surface area contributed by atoms with Crippen LogP contribution in [-0.4, -0.2) is 23.1 Å². The van der Waals surface area contributed by atoms with Crippen molar-refractivity contribution in [2.24, 2.45) is 0 Å². The third-order valence-corrected chi connectivity index (χ3v) is 5.61. The molecule has 0 aliphatic heterocycles. The molecule has 0 bridgehead atoms. The Morgan fingerprint density at radius 3 is 2.47 bits per heavy atom. The molecule has 0 fully saturated rings. The van der Waals surface area contributed by atoms with E-state index in [-0.39, 0.29) is 18.0 Å². The highest BCUT2D eigenvalue weighted by molar-refractivity contribution is 5.88. The number of aromatic amines is 1.